The van der Waals surface area contributed by atoms with Gasteiger partial charge in [0.15, 0.2) is 0 Å². The molecule has 0 atom stereocenters. The second-order valence-corrected chi connectivity index (χ2v) is 8.60. The molecule has 0 spiro atoms. The van der Waals surface area contributed by atoms with Gasteiger partial charge in [-0.15, -0.1) is 0 Å². The van der Waals surface area contributed by atoms with E-state index in [9.17, 15) is 4.57 Å². The number of nitrogens with one attached hydrogen (secondary N) is 1. The van der Waals surface area contributed by atoms with Crippen LogP contribution in [0.1, 0.15) is 65.2 Å². The predicted molar refractivity (Wildman–Crippen MR) is 108 cm³/mol. The topological polar surface area (TPSA) is 47.6 Å². The number of anilines is 1. The predicted octanol–water partition coefficient (Wildman–Crippen LogP) is 7.71. The summed E-state index contributed by atoms with van der Waals surface area (Å²) in [6.07, 6.45) is 8.35. The lowest BCUT2D eigenvalue weighted by Gasteiger charge is -2.21. The minimum Gasteiger partial charge on any atom is -0.292 e. The Kier molecular flexibility index (Phi) is 11.9. The highest BCUT2D eigenvalue weighted by Crippen LogP contribution is 2.49. The largest absolute Gasteiger partial charge is 0.432 e. The van der Waals surface area contributed by atoms with Crippen molar-refractivity contribution in [2.45, 2.75) is 65.2 Å². The van der Waals surface area contributed by atoms with Crippen molar-refractivity contribution in [3.05, 3.63) is 28.2 Å². The first kappa shape index (κ1) is 22.8. The average molecular weight is 410 g/mol. The number of benzene rings is 1. The molecule has 0 amide bonds. The van der Waals surface area contributed by atoms with Crippen molar-refractivity contribution in [1.82, 2.24) is 0 Å². The zero-order valence-electron chi connectivity index (χ0n) is 15.2. The highest BCUT2D eigenvalue weighted by molar-refractivity contribution is 7.55. The molecule has 0 saturated carbocycles. The van der Waals surface area contributed by atoms with Gasteiger partial charge in [0.05, 0.1) is 23.9 Å². The lowest BCUT2D eigenvalue weighted by atomic mass is 10.2. The van der Waals surface area contributed by atoms with E-state index < -0.39 is 7.75 Å². The second kappa shape index (κ2) is 13.0. The lowest BCUT2D eigenvalue weighted by Crippen LogP contribution is -2.07. The van der Waals surface area contributed by atoms with Gasteiger partial charge < -0.3 is 0 Å². The van der Waals surface area contributed by atoms with Crippen molar-refractivity contribution in [3.8, 4) is 0 Å². The number of hydrogen-bond acceptors (Lipinski definition) is 3. The van der Waals surface area contributed by atoms with Crippen molar-refractivity contribution in [2.75, 3.05) is 18.3 Å². The van der Waals surface area contributed by atoms with Gasteiger partial charge in [0.25, 0.3) is 0 Å². The van der Waals surface area contributed by atoms with Crippen molar-refractivity contribution in [2.24, 2.45) is 0 Å². The van der Waals surface area contributed by atoms with Crippen LogP contribution in [0.4, 0.5) is 5.69 Å². The van der Waals surface area contributed by atoms with E-state index >= 15 is 0 Å². The molecule has 0 radical (unpaired) electrons. The quantitative estimate of drug-likeness (QED) is 0.252. The summed E-state index contributed by atoms with van der Waals surface area (Å²) in [4.78, 5) is 0. The molecule has 0 aliphatic carbocycles. The van der Waals surface area contributed by atoms with E-state index in [-0.39, 0.29) is 0 Å². The van der Waals surface area contributed by atoms with Crippen LogP contribution in [0.5, 0.6) is 0 Å². The lowest BCUT2D eigenvalue weighted by molar-refractivity contribution is 0.202. The fourth-order valence-electron chi connectivity index (χ4n) is 2.26. The third kappa shape index (κ3) is 9.86. The maximum Gasteiger partial charge on any atom is 0.432 e. The molecule has 25 heavy (non-hydrogen) atoms. The molecule has 144 valence electrons. The highest BCUT2D eigenvalue weighted by atomic mass is 35.5. The zero-order valence-corrected chi connectivity index (χ0v) is 17.6. The van der Waals surface area contributed by atoms with Gasteiger partial charge >= 0.3 is 7.75 Å². The maximum atomic E-state index is 13.1. The van der Waals surface area contributed by atoms with Crippen LogP contribution < -0.4 is 5.09 Å². The normalized spacial score (nSPS) is 11.7. The molecule has 0 bridgehead atoms. The molecule has 0 aliphatic rings. The van der Waals surface area contributed by atoms with Crippen LogP contribution in [-0.4, -0.2) is 13.2 Å². The molecular formula is C18H30Cl2NO3P. The number of hydrogen-bond donors (Lipinski definition) is 1. The molecule has 0 aromatic heterocycles. The van der Waals surface area contributed by atoms with Crippen LogP contribution in [0.25, 0.3) is 0 Å². The summed E-state index contributed by atoms with van der Waals surface area (Å²) in [5.74, 6) is 0. The second-order valence-electron chi connectivity index (χ2n) is 6.02. The summed E-state index contributed by atoms with van der Waals surface area (Å²) >= 11 is 12.2. The summed E-state index contributed by atoms with van der Waals surface area (Å²) in [6, 6.07) is 4.95. The molecule has 7 heteroatoms. The molecule has 0 unspecified atom stereocenters. The average Bonchev–Trinajstić information content (AvgIpc) is 2.58. The number of unbranched alkanes of at least 4 members (excludes halogenated alkanes) is 6. The Hall–Kier alpha value is -0.250. The van der Waals surface area contributed by atoms with Crippen LogP contribution in [0.3, 0.4) is 0 Å². The maximum absolute atomic E-state index is 13.1. The zero-order chi connectivity index (χ0) is 18.5. The van der Waals surface area contributed by atoms with Crippen LogP contribution >= 0.6 is 30.9 Å². The first-order chi connectivity index (χ1) is 12.0. The van der Waals surface area contributed by atoms with E-state index in [4.69, 9.17) is 32.2 Å². The Morgan fingerprint density at radius 2 is 1.48 bits per heavy atom. The van der Waals surface area contributed by atoms with E-state index in [0.717, 1.165) is 51.4 Å². The van der Waals surface area contributed by atoms with Crippen LogP contribution in [0, 0.1) is 0 Å². The Morgan fingerprint density at radius 3 is 2.00 bits per heavy atom. The fourth-order valence-corrected chi connectivity index (χ4v) is 4.09. The first-order valence-electron chi connectivity index (χ1n) is 9.13. The van der Waals surface area contributed by atoms with Crippen LogP contribution in [0.2, 0.25) is 10.0 Å². The van der Waals surface area contributed by atoms with E-state index in [1.54, 1.807) is 18.2 Å². The Morgan fingerprint density at radius 1 is 0.920 bits per heavy atom. The highest BCUT2D eigenvalue weighted by Gasteiger charge is 2.26. The molecular weight excluding hydrogens is 380 g/mol. The molecule has 4 nitrogen and oxygen atoms in total. The van der Waals surface area contributed by atoms with E-state index in [1.165, 1.54) is 0 Å². The molecule has 1 rings (SSSR count). The molecule has 1 N–H and O–H groups in total. The Balaban J connectivity index is 2.65. The molecule has 0 heterocycles. The van der Waals surface area contributed by atoms with Gasteiger partial charge in [0, 0.05) is 5.02 Å². The van der Waals surface area contributed by atoms with Gasteiger partial charge in [-0.25, -0.2) is 4.57 Å². The summed E-state index contributed by atoms with van der Waals surface area (Å²) in [6.45, 7) is 5.07. The third-order valence-electron chi connectivity index (χ3n) is 3.70. The summed E-state index contributed by atoms with van der Waals surface area (Å²) in [5, 5.41) is 3.77. The molecule has 0 aliphatic heterocycles. The number of rotatable bonds is 14. The van der Waals surface area contributed by atoms with Crippen molar-refractivity contribution in [3.63, 3.8) is 0 Å². The molecule has 0 saturated heterocycles. The van der Waals surface area contributed by atoms with Gasteiger partial charge in [-0.05, 0) is 31.0 Å². The van der Waals surface area contributed by atoms with Crippen molar-refractivity contribution >= 4 is 36.6 Å². The first-order valence-corrected chi connectivity index (χ1v) is 11.4. The van der Waals surface area contributed by atoms with Crippen molar-refractivity contribution in [1.29, 1.82) is 0 Å². The number of halogens is 2. The summed E-state index contributed by atoms with van der Waals surface area (Å²) in [7, 11) is -3.48. The summed E-state index contributed by atoms with van der Waals surface area (Å²) in [5.41, 5.74) is 0.458. The molecule has 1 aromatic carbocycles. The standard InChI is InChI=1S/C18H30Cl2NO3P/c1-3-5-7-9-13-23-25(22,24-14-10-8-6-4-2)21-18-15-16(19)11-12-17(18)20/h11-12,15H,3-10,13-14H2,1-2H3,(H,21,22). The Bertz CT molecular complexity index is 525. The van der Waals surface area contributed by atoms with Gasteiger partial charge in [-0.3, -0.25) is 14.1 Å². The smallest absolute Gasteiger partial charge is 0.292 e. The van der Waals surface area contributed by atoms with Crippen LogP contribution in [0.15, 0.2) is 18.2 Å². The van der Waals surface area contributed by atoms with E-state index in [1.807, 2.05) is 0 Å². The van der Waals surface area contributed by atoms with Gasteiger partial charge in [-0.2, -0.15) is 0 Å². The molecule has 0 fully saturated rings. The van der Waals surface area contributed by atoms with E-state index in [2.05, 4.69) is 18.9 Å². The van der Waals surface area contributed by atoms with E-state index in [0.29, 0.717) is 28.9 Å². The third-order valence-corrected chi connectivity index (χ3v) is 5.83. The van der Waals surface area contributed by atoms with Gasteiger partial charge in [0.2, 0.25) is 0 Å². The van der Waals surface area contributed by atoms with Gasteiger partial charge in [-0.1, -0.05) is 75.6 Å². The minimum atomic E-state index is -3.48. The Labute approximate surface area is 162 Å². The monoisotopic (exact) mass is 409 g/mol. The minimum absolute atomic E-state index is 0.386. The van der Waals surface area contributed by atoms with Crippen LogP contribution in [-0.2, 0) is 13.6 Å². The van der Waals surface area contributed by atoms with Gasteiger partial charge in [0.1, 0.15) is 0 Å². The SMILES string of the molecule is CCCCCCOP(=O)(Nc1cc(Cl)ccc1Cl)OCCCCCC. The molecule has 1 aromatic rings. The summed E-state index contributed by atoms with van der Waals surface area (Å²) < 4.78 is 24.3. The van der Waals surface area contributed by atoms with Crippen molar-refractivity contribution < 1.29 is 13.6 Å². The fraction of sp³-hybridized carbons (Fsp3) is 0.667.